The largest absolute Gasteiger partial charge is 0.299 e. The van der Waals surface area contributed by atoms with Gasteiger partial charge in [-0.25, -0.2) is 0 Å². The minimum Gasteiger partial charge on any atom is -0.299 e. The van der Waals surface area contributed by atoms with Crippen molar-refractivity contribution in [2.75, 3.05) is 0 Å². The van der Waals surface area contributed by atoms with Crippen molar-refractivity contribution in [3.63, 3.8) is 0 Å². The minimum absolute atomic E-state index is 0.299. The molecule has 1 unspecified atom stereocenters. The first kappa shape index (κ1) is 26.7. The molecule has 162 valence electrons. The van der Waals surface area contributed by atoms with E-state index in [0.29, 0.717) is 11.7 Å². The van der Waals surface area contributed by atoms with Crippen LogP contribution in [-0.2, 0) is 4.79 Å². The predicted octanol–water partition coefficient (Wildman–Crippen LogP) is 9.42. The summed E-state index contributed by atoms with van der Waals surface area (Å²) in [6.45, 7) is 6.70. The first-order valence-corrected chi connectivity index (χ1v) is 12.7. The number of ketones is 1. The summed E-state index contributed by atoms with van der Waals surface area (Å²) >= 11 is 0. The first-order chi connectivity index (χ1) is 13.2. The highest BCUT2D eigenvalue weighted by molar-refractivity contribution is 5.80. The maximum Gasteiger partial charge on any atom is 0.135 e. The van der Waals surface area contributed by atoms with Crippen molar-refractivity contribution in [1.29, 1.82) is 0 Å². The van der Waals surface area contributed by atoms with E-state index in [2.05, 4.69) is 20.8 Å². The van der Waals surface area contributed by atoms with Crippen LogP contribution in [0.4, 0.5) is 0 Å². The highest BCUT2D eigenvalue weighted by Gasteiger charge is 2.11. The monoisotopic (exact) mass is 380 g/mol. The molecule has 0 aromatic heterocycles. The Morgan fingerprint density at radius 1 is 0.519 bits per heavy atom. The third-order valence-electron chi connectivity index (χ3n) is 6.07. The van der Waals surface area contributed by atoms with E-state index in [1.54, 1.807) is 0 Å². The van der Waals surface area contributed by atoms with Gasteiger partial charge in [0.2, 0.25) is 0 Å². The third kappa shape index (κ3) is 20.2. The van der Waals surface area contributed by atoms with E-state index >= 15 is 0 Å². The van der Waals surface area contributed by atoms with Crippen LogP contribution >= 0.6 is 0 Å². The smallest absolute Gasteiger partial charge is 0.135 e. The van der Waals surface area contributed by atoms with Gasteiger partial charge >= 0.3 is 0 Å². The van der Waals surface area contributed by atoms with Crippen LogP contribution in [0.2, 0.25) is 0 Å². The number of carbonyl (C=O) groups excluding carboxylic acids is 1. The summed E-state index contributed by atoms with van der Waals surface area (Å²) < 4.78 is 0. The summed E-state index contributed by atoms with van der Waals surface area (Å²) in [5, 5.41) is 0. The number of hydrogen-bond acceptors (Lipinski definition) is 1. The molecule has 0 aliphatic heterocycles. The van der Waals surface area contributed by atoms with Gasteiger partial charge < -0.3 is 0 Å². The molecule has 0 amide bonds. The van der Waals surface area contributed by atoms with Crippen molar-refractivity contribution in [3.05, 3.63) is 0 Å². The molecular formula is C26H52O. The molecular weight excluding hydrogens is 328 g/mol. The Bertz CT molecular complexity index is 297. The van der Waals surface area contributed by atoms with Gasteiger partial charge in [0, 0.05) is 12.3 Å². The molecule has 1 atom stereocenters. The van der Waals surface area contributed by atoms with Crippen LogP contribution in [0, 0.1) is 5.92 Å². The van der Waals surface area contributed by atoms with E-state index in [-0.39, 0.29) is 0 Å². The molecule has 0 saturated heterocycles. The van der Waals surface area contributed by atoms with Crippen LogP contribution in [-0.4, -0.2) is 5.78 Å². The molecule has 1 nitrogen and oxygen atoms in total. The van der Waals surface area contributed by atoms with E-state index in [9.17, 15) is 4.79 Å². The predicted molar refractivity (Wildman–Crippen MR) is 122 cm³/mol. The lowest BCUT2D eigenvalue weighted by Crippen LogP contribution is -2.10. The maximum absolute atomic E-state index is 12.2. The molecule has 0 aliphatic rings. The van der Waals surface area contributed by atoms with Gasteiger partial charge in [-0.15, -0.1) is 0 Å². The third-order valence-corrected chi connectivity index (χ3v) is 6.07. The minimum atomic E-state index is 0.299. The lowest BCUT2D eigenvalue weighted by molar-refractivity contribution is -0.122. The Hall–Kier alpha value is -0.330. The van der Waals surface area contributed by atoms with Crippen LogP contribution in [0.3, 0.4) is 0 Å². The topological polar surface area (TPSA) is 17.1 Å². The molecule has 1 heteroatoms. The molecule has 0 heterocycles. The fourth-order valence-electron chi connectivity index (χ4n) is 3.96. The zero-order chi connectivity index (χ0) is 20.0. The van der Waals surface area contributed by atoms with Gasteiger partial charge in [-0.1, -0.05) is 136 Å². The second-order valence-electron chi connectivity index (χ2n) is 8.92. The lowest BCUT2D eigenvalue weighted by atomic mass is 9.94. The van der Waals surface area contributed by atoms with E-state index in [4.69, 9.17) is 0 Å². The van der Waals surface area contributed by atoms with E-state index < -0.39 is 0 Å². The van der Waals surface area contributed by atoms with Crippen LogP contribution in [0.15, 0.2) is 0 Å². The Morgan fingerprint density at radius 3 is 1.26 bits per heavy atom. The standard InChI is InChI=1S/C26H52O/c1-4-6-8-10-12-13-14-15-16-18-19-21-23-25(3)26(27)24-22-20-17-11-9-7-5-2/h25H,4-24H2,1-3H3. The quantitative estimate of drug-likeness (QED) is 0.171. The second-order valence-corrected chi connectivity index (χ2v) is 8.92. The summed E-state index contributed by atoms with van der Waals surface area (Å²) in [5.41, 5.74) is 0. The number of unbranched alkanes of at least 4 members (excludes halogenated alkanes) is 17. The molecule has 0 aromatic rings. The molecule has 0 fully saturated rings. The molecule has 0 aliphatic carbocycles. The molecule has 0 rings (SSSR count). The fraction of sp³-hybridized carbons (Fsp3) is 0.962. The summed E-state index contributed by atoms with van der Waals surface area (Å²) in [6, 6.07) is 0. The molecule has 0 N–H and O–H groups in total. The SMILES string of the molecule is CCCCCCCCCCCCCCC(C)C(=O)CCCCCCCCC. The number of hydrogen-bond donors (Lipinski definition) is 0. The highest BCUT2D eigenvalue weighted by atomic mass is 16.1. The van der Waals surface area contributed by atoms with E-state index in [1.807, 2.05) is 0 Å². The number of carbonyl (C=O) groups is 1. The van der Waals surface area contributed by atoms with Gasteiger partial charge in [-0.05, 0) is 12.8 Å². The zero-order valence-electron chi connectivity index (χ0n) is 19.3. The lowest BCUT2D eigenvalue weighted by Gasteiger charge is -2.10. The summed E-state index contributed by atoms with van der Waals surface area (Å²) in [4.78, 5) is 12.2. The normalized spacial score (nSPS) is 12.4. The van der Waals surface area contributed by atoms with Gasteiger partial charge in [0.1, 0.15) is 5.78 Å². The van der Waals surface area contributed by atoms with Crippen molar-refractivity contribution in [2.45, 2.75) is 156 Å². The Labute approximate surface area is 172 Å². The Morgan fingerprint density at radius 2 is 0.852 bits per heavy atom. The molecule has 0 radical (unpaired) electrons. The van der Waals surface area contributed by atoms with E-state index in [0.717, 1.165) is 19.3 Å². The number of Topliss-reactive ketones (excluding diaryl/α,β-unsaturated/α-hetero) is 1. The van der Waals surface area contributed by atoms with Crippen molar-refractivity contribution in [1.82, 2.24) is 0 Å². The van der Waals surface area contributed by atoms with Crippen LogP contribution in [0.5, 0.6) is 0 Å². The zero-order valence-corrected chi connectivity index (χ0v) is 19.3. The second kappa shape index (κ2) is 22.0. The van der Waals surface area contributed by atoms with Crippen LogP contribution in [0.1, 0.15) is 156 Å². The number of rotatable bonds is 22. The van der Waals surface area contributed by atoms with Gasteiger partial charge in [0.15, 0.2) is 0 Å². The van der Waals surface area contributed by atoms with Crippen LogP contribution < -0.4 is 0 Å². The molecule has 0 aromatic carbocycles. The van der Waals surface area contributed by atoms with Crippen LogP contribution in [0.25, 0.3) is 0 Å². The average Bonchev–Trinajstić information content (AvgIpc) is 2.67. The molecule has 0 bridgehead atoms. The van der Waals surface area contributed by atoms with Gasteiger partial charge in [0.25, 0.3) is 0 Å². The molecule has 0 saturated carbocycles. The summed E-state index contributed by atoms with van der Waals surface area (Å²) in [7, 11) is 0. The first-order valence-electron chi connectivity index (χ1n) is 12.7. The summed E-state index contributed by atoms with van der Waals surface area (Å²) in [5.74, 6) is 0.819. The Kier molecular flexibility index (Phi) is 21.7. The molecule has 27 heavy (non-hydrogen) atoms. The van der Waals surface area contributed by atoms with Crippen molar-refractivity contribution in [3.8, 4) is 0 Å². The average molecular weight is 381 g/mol. The van der Waals surface area contributed by atoms with E-state index in [1.165, 1.54) is 116 Å². The van der Waals surface area contributed by atoms with Gasteiger partial charge in [-0.2, -0.15) is 0 Å². The van der Waals surface area contributed by atoms with Gasteiger partial charge in [0.05, 0.1) is 0 Å². The highest BCUT2D eigenvalue weighted by Crippen LogP contribution is 2.17. The fourth-order valence-corrected chi connectivity index (χ4v) is 3.96. The molecule has 0 spiro atoms. The summed E-state index contributed by atoms with van der Waals surface area (Å²) in [6.07, 6.45) is 27.8. The van der Waals surface area contributed by atoms with Gasteiger partial charge in [-0.3, -0.25) is 4.79 Å². The Balaban J connectivity index is 3.30. The maximum atomic E-state index is 12.2. The van der Waals surface area contributed by atoms with Crippen molar-refractivity contribution in [2.24, 2.45) is 5.92 Å². The van der Waals surface area contributed by atoms with Crippen molar-refractivity contribution >= 4 is 5.78 Å². The van der Waals surface area contributed by atoms with Crippen molar-refractivity contribution < 1.29 is 4.79 Å².